The quantitative estimate of drug-likeness (QED) is 0.626. The molecule has 8 nitrogen and oxygen atoms in total. The van der Waals surface area contributed by atoms with Gasteiger partial charge in [-0.2, -0.15) is 0 Å². The molecular weight excluding hydrogens is 424 g/mol. The second-order valence-electron chi connectivity index (χ2n) is 7.41. The highest BCUT2D eigenvalue weighted by Crippen LogP contribution is 2.33. The van der Waals surface area contributed by atoms with Crippen LogP contribution in [0.1, 0.15) is 18.0 Å². The van der Waals surface area contributed by atoms with Gasteiger partial charge in [-0.1, -0.05) is 18.2 Å². The molecule has 0 radical (unpaired) electrons. The van der Waals surface area contributed by atoms with E-state index in [0.717, 1.165) is 34.1 Å². The first-order valence-corrected chi connectivity index (χ1v) is 13.1. The number of H-pyrrole nitrogens is 1. The monoisotopic (exact) mass is 446 g/mol. The maximum Gasteiger partial charge on any atom is 0.231 e. The van der Waals surface area contributed by atoms with Crippen molar-refractivity contribution in [2.45, 2.75) is 12.3 Å². The largest absolute Gasteiger partial charge is 0.343 e. The van der Waals surface area contributed by atoms with Gasteiger partial charge < -0.3 is 4.98 Å². The van der Waals surface area contributed by atoms with Gasteiger partial charge in [0.15, 0.2) is 0 Å². The van der Waals surface area contributed by atoms with Crippen LogP contribution in [-0.2, 0) is 20.0 Å². The molecule has 0 spiro atoms. The molecule has 4 rings (SSSR count). The summed E-state index contributed by atoms with van der Waals surface area (Å²) in [5.41, 5.74) is 4.15. The normalized spacial score (nSPS) is 17.4. The summed E-state index contributed by atoms with van der Waals surface area (Å²) in [4.78, 5) is 7.77. The van der Waals surface area contributed by atoms with Crippen LogP contribution in [0.2, 0.25) is 0 Å². The van der Waals surface area contributed by atoms with E-state index in [9.17, 15) is 16.8 Å². The lowest BCUT2D eigenvalue weighted by atomic mass is 9.98. The number of anilines is 1. The van der Waals surface area contributed by atoms with Gasteiger partial charge in [0.1, 0.15) is 5.65 Å². The van der Waals surface area contributed by atoms with Gasteiger partial charge >= 0.3 is 0 Å². The molecule has 0 amide bonds. The van der Waals surface area contributed by atoms with E-state index in [1.54, 1.807) is 24.5 Å². The standard InChI is InChI=1S/C20H22N4O4S2/c1-29(25,26)23-16-5-3-14(4-6-16)17-7-10-21-20-18(17)13-19(22-20)15-8-11-24(12-9-15)30(2,27)28/h3-8,10-11,13,15,23H,9,12H2,1-2H3,(H,21,22). The highest BCUT2D eigenvalue weighted by atomic mass is 32.2. The second kappa shape index (κ2) is 7.44. The van der Waals surface area contributed by atoms with E-state index in [2.05, 4.69) is 14.7 Å². The zero-order chi connectivity index (χ0) is 21.5. The minimum atomic E-state index is -3.32. The number of hydrogen-bond acceptors (Lipinski definition) is 5. The number of sulfonamides is 2. The minimum absolute atomic E-state index is 0.0754. The summed E-state index contributed by atoms with van der Waals surface area (Å²) in [6.45, 7) is 0.435. The zero-order valence-corrected chi connectivity index (χ0v) is 18.2. The lowest BCUT2D eigenvalue weighted by Crippen LogP contribution is -2.29. The first-order valence-electron chi connectivity index (χ1n) is 9.31. The van der Waals surface area contributed by atoms with Crippen molar-refractivity contribution >= 4 is 36.8 Å². The number of benzene rings is 1. The third kappa shape index (κ3) is 4.34. The van der Waals surface area contributed by atoms with Crippen molar-refractivity contribution in [3.05, 3.63) is 60.6 Å². The lowest BCUT2D eigenvalue weighted by molar-refractivity contribution is 0.464. The number of pyridine rings is 1. The Hall–Kier alpha value is -2.85. The molecule has 1 aliphatic rings. The first-order chi connectivity index (χ1) is 14.1. The van der Waals surface area contributed by atoms with Gasteiger partial charge in [-0.15, -0.1) is 0 Å². The lowest BCUT2D eigenvalue weighted by Gasteiger charge is -2.25. The SMILES string of the molecule is CS(=O)(=O)Nc1ccc(-c2ccnc3[nH]c(C4C=CN(S(C)(=O)=O)CC4)cc23)cc1. The number of nitrogens with one attached hydrogen (secondary N) is 2. The fourth-order valence-electron chi connectivity index (χ4n) is 3.60. The van der Waals surface area contributed by atoms with Crippen LogP contribution in [0, 0.1) is 0 Å². The van der Waals surface area contributed by atoms with Crippen LogP contribution in [0.15, 0.2) is 54.9 Å². The third-order valence-corrected chi connectivity index (χ3v) is 6.79. The number of aromatic nitrogens is 2. The van der Waals surface area contributed by atoms with Gasteiger partial charge in [0.05, 0.1) is 12.5 Å². The Bertz CT molecular complexity index is 1330. The molecule has 3 aromatic rings. The van der Waals surface area contributed by atoms with Crippen molar-refractivity contribution in [3.8, 4) is 11.1 Å². The highest BCUT2D eigenvalue weighted by Gasteiger charge is 2.22. The molecule has 30 heavy (non-hydrogen) atoms. The molecule has 0 saturated carbocycles. The Balaban J connectivity index is 1.65. The molecule has 0 aliphatic carbocycles. The van der Waals surface area contributed by atoms with Gasteiger partial charge in [0.2, 0.25) is 20.0 Å². The Morgan fingerprint density at radius 1 is 1.10 bits per heavy atom. The number of fused-ring (bicyclic) bond motifs is 1. The van der Waals surface area contributed by atoms with E-state index in [4.69, 9.17) is 0 Å². The van der Waals surface area contributed by atoms with Crippen LogP contribution in [0.25, 0.3) is 22.2 Å². The number of aromatic amines is 1. The fraction of sp³-hybridized carbons (Fsp3) is 0.250. The van der Waals surface area contributed by atoms with Crippen LogP contribution in [0.5, 0.6) is 0 Å². The van der Waals surface area contributed by atoms with Crippen molar-refractivity contribution in [3.63, 3.8) is 0 Å². The molecule has 0 bridgehead atoms. The predicted molar refractivity (Wildman–Crippen MR) is 118 cm³/mol. The van der Waals surface area contributed by atoms with Gasteiger partial charge in [-0.3, -0.25) is 9.03 Å². The number of hydrogen-bond donors (Lipinski definition) is 2. The summed E-state index contributed by atoms with van der Waals surface area (Å²) >= 11 is 0. The van der Waals surface area contributed by atoms with Crippen molar-refractivity contribution in [1.82, 2.24) is 14.3 Å². The number of rotatable bonds is 5. The fourth-order valence-corrected chi connectivity index (χ4v) is 4.90. The molecule has 1 unspecified atom stereocenters. The number of nitrogens with zero attached hydrogens (tertiary/aromatic N) is 2. The zero-order valence-electron chi connectivity index (χ0n) is 16.5. The summed E-state index contributed by atoms with van der Waals surface area (Å²) < 4.78 is 50.0. The predicted octanol–water partition coefficient (Wildman–Crippen LogP) is 2.86. The van der Waals surface area contributed by atoms with E-state index < -0.39 is 20.0 Å². The van der Waals surface area contributed by atoms with Crippen LogP contribution in [0.3, 0.4) is 0 Å². The topological polar surface area (TPSA) is 112 Å². The molecule has 2 aromatic heterocycles. The molecule has 158 valence electrons. The van der Waals surface area contributed by atoms with E-state index in [0.29, 0.717) is 18.7 Å². The van der Waals surface area contributed by atoms with E-state index >= 15 is 0 Å². The summed E-state index contributed by atoms with van der Waals surface area (Å²) in [5, 5.41) is 0.954. The van der Waals surface area contributed by atoms with Gasteiger partial charge in [0.25, 0.3) is 0 Å². The summed E-state index contributed by atoms with van der Waals surface area (Å²) in [6, 6.07) is 11.1. The molecular formula is C20H22N4O4S2. The molecule has 1 atom stereocenters. The molecule has 2 N–H and O–H groups in total. The van der Waals surface area contributed by atoms with Gasteiger partial charge in [-0.25, -0.2) is 21.8 Å². The molecule has 0 fully saturated rings. The van der Waals surface area contributed by atoms with E-state index in [-0.39, 0.29) is 5.92 Å². The first kappa shape index (κ1) is 20.4. The average molecular weight is 447 g/mol. The van der Waals surface area contributed by atoms with Crippen LogP contribution in [-0.4, -0.2) is 50.2 Å². The van der Waals surface area contributed by atoms with Crippen LogP contribution < -0.4 is 4.72 Å². The Morgan fingerprint density at radius 2 is 1.83 bits per heavy atom. The van der Waals surface area contributed by atoms with Crippen molar-refractivity contribution in [2.24, 2.45) is 0 Å². The average Bonchev–Trinajstić information content (AvgIpc) is 3.11. The Labute approximate surface area is 175 Å². The molecule has 3 heterocycles. The maximum atomic E-state index is 11.7. The van der Waals surface area contributed by atoms with Gasteiger partial charge in [0, 0.05) is 41.6 Å². The Kier molecular flexibility index (Phi) is 5.07. The Morgan fingerprint density at radius 3 is 2.43 bits per heavy atom. The molecule has 1 aliphatic heterocycles. The van der Waals surface area contributed by atoms with Crippen molar-refractivity contribution < 1.29 is 16.8 Å². The summed E-state index contributed by atoms with van der Waals surface area (Å²) in [5.74, 6) is 0.0754. The van der Waals surface area contributed by atoms with Crippen LogP contribution >= 0.6 is 0 Å². The van der Waals surface area contributed by atoms with Crippen LogP contribution in [0.4, 0.5) is 5.69 Å². The number of allylic oxidation sites excluding steroid dienone is 1. The van der Waals surface area contributed by atoms with E-state index in [1.165, 1.54) is 10.6 Å². The smallest absolute Gasteiger partial charge is 0.231 e. The van der Waals surface area contributed by atoms with Crippen molar-refractivity contribution in [2.75, 3.05) is 23.8 Å². The summed E-state index contributed by atoms with van der Waals surface area (Å²) in [7, 11) is -6.56. The minimum Gasteiger partial charge on any atom is -0.343 e. The third-order valence-electron chi connectivity index (χ3n) is 5.02. The molecule has 1 aromatic carbocycles. The molecule has 10 heteroatoms. The summed E-state index contributed by atoms with van der Waals surface area (Å²) in [6.07, 6.45) is 8.23. The van der Waals surface area contributed by atoms with E-state index in [1.807, 2.05) is 30.3 Å². The maximum absolute atomic E-state index is 11.7. The van der Waals surface area contributed by atoms with Crippen molar-refractivity contribution in [1.29, 1.82) is 0 Å². The van der Waals surface area contributed by atoms with Gasteiger partial charge in [-0.05, 0) is 41.8 Å². The highest BCUT2D eigenvalue weighted by molar-refractivity contribution is 7.92. The molecule has 0 saturated heterocycles. The second-order valence-corrected chi connectivity index (χ2v) is 11.1.